The van der Waals surface area contributed by atoms with Crippen molar-refractivity contribution in [2.75, 3.05) is 6.61 Å². The van der Waals surface area contributed by atoms with Gasteiger partial charge in [-0.25, -0.2) is 4.21 Å². The van der Waals surface area contributed by atoms with Gasteiger partial charge in [0.25, 0.3) is 0 Å². The topological polar surface area (TPSA) is 38.8 Å². The highest BCUT2D eigenvalue weighted by Gasteiger charge is 2.48. The average Bonchev–Trinajstić information content (AvgIpc) is 3.33. The van der Waals surface area contributed by atoms with Crippen LogP contribution in [0.2, 0.25) is 0 Å². The van der Waals surface area contributed by atoms with E-state index in [4.69, 9.17) is 8.92 Å². The van der Waals surface area contributed by atoms with E-state index in [0.29, 0.717) is 5.92 Å². The molecule has 3 unspecified atom stereocenters. The molecule has 130 valence electrons. The SMILES string of the molecule is CCCC(CC)C1=CCC(OS(=O)C2CCC3(CC2)CO3)C=C1. The molecule has 0 aromatic heterocycles. The summed E-state index contributed by atoms with van der Waals surface area (Å²) in [7, 11) is 0. The van der Waals surface area contributed by atoms with E-state index in [1.165, 1.54) is 24.8 Å². The monoisotopic (exact) mass is 338 g/mol. The molecule has 2 aliphatic carbocycles. The van der Waals surface area contributed by atoms with Crippen LogP contribution in [0.4, 0.5) is 0 Å². The van der Waals surface area contributed by atoms with Gasteiger partial charge in [0, 0.05) is 0 Å². The van der Waals surface area contributed by atoms with Crippen molar-refractivity contribution < 1.29 is 13.1 Å². The summed E-state index contributed by atoms with van der Waals surface area (Å²) in [6, 6.07) is 0. The summed E-state index contributed by atoms with van der Waals surface area (Å²) in [4.78, 5) is 0. The van der Waals surface area contributed by atoms with E-state index < -0.39 is 11.1 Å². The highest BCUT2D eigenvalue weighted by atomic mass is 32.2. The molecule has 1 saturated heterocycles. The molecule has 0 aromatic carbocycles. The molecule has 1 spiro atoms. The van der Waals surface area contributed by atoms with Crippen LogP contribution in [-0.2, 0) is 20.0 Å². The van der Waals surface area contributed by atoms with Crippen molar-refractivity contribution in [2.24, 2.45) is 5.92 Å². The molecule has 3 aliphatic rings. The fourth-order valence-electron chi connectivity index (χ4n) is 3.85. The highest BCUT2D eigenvalue weighted by Crippen LogP contribution is 2.43. The first kappa shape index (κ1) is 17.4. The largest absolute Gasteiger partial charge is 0.370 e. The van der Waals surface area contributed by atoms with Gasteiger partial charge in [-0.1, -0.05) is 38.5 Å². The molecule has 3 nitrogen and oxygen atoms in total. The van der Waals surface area contributed by atoms with Gasteiger partial charge in [-0.2, -0.15) is 0 Å². The zero-order chi connectivity index (χ0) is 16.3. The second kappa shape index (κ2) is 7.62. The van der Waals surface area contributed by atoms with Gasteiger partial charge in [-0.05, 0) is 56.4 Å². The summed E-state index contributed by atoms with van der Waals surface area (Å²) in [6.07, 6.45) is 15.1. The van der Waals surface area contributed by atoms with Gasteiger partial charge in [0.15, 0.2) is 11.1 Å². The molecule has 1 saturated carbocycles. The third-order valence-electron chi connectivity index (χ3n) is 5.58. The van der Waals surface area contributed by atoms with Gasteiger partial charge in [-0.15, -0.1) is 0 Å². The Balaban J connectivity index is 1.46. The molecule has 0 N–H and O–H groups in total. The summed E-state index contributed by atoms with van der Waals surface area (Å²) in [5.41, 5.74) is 1.60. The lowest BCUT2D eigenvalue weighted by molar-refractivity contribution is 0.228. The molecule has 0 bridgehead atoms. The lowest BCUT2D eigenvalue weighted by Gasteiger charge is -2.27. The third-order valence-corrected chi connectivity index (χ3v) is 7.03. The van der Waals surface area contributed by atoms with Gasteiger partial charge in [0.05, 0.1) is 23.6 Å². The molecular weight excluding hydrogens is 308 g/mol. The molecule has 1 heterocycles. The fraction of sp³-hybridized carbons (Fsp3) is 0.789. The maximum atomic E-state index is 12.5. The molecule has 0 amide bonds. The zero-order valence-corrected chi connectivity index (χ0v) is 15.3. The number of epoxide rings is 1. The van der Waals surface area contributed by atoms with E-state index >= 15 is 0 Å². The molecule has 3 rings (SSSR count). The predicted molar refractivity (Wildman–Crippen MR) is 94.5 cm³/mol. The molecule has 1 aliphatic heterocycles. The number of rotatable bonds is 7. The summed E-state index contributed by atoms with van der Waals surface area (Å²) in [6.45, 7) is 5.40. The second-order valence-corrected chi connectivity index (χ2v) is 8.64. The first-order valence-electron chi connectivity index (χ1n) is 9.25. The van der Waals surface area contributed by atoms with Gasteiger partial charge in [0.1, 0.15) is 0 Å². The van der Waals surface area contributed by atoms with Crippen molar-refractivity contribution in [1.29, 1.82) is 0 Å². The van der Waals surface area contributed by atoms with Crippen molar-refractivity contribution in [1.82, 2.24) is 0 Å². The van der Waals surface area contributed by atoms with E-state index in [2.05, 4.69) is 32.1 Å². The summed E-state index contributed by atoms with van der Waals surface area (Å²) < 4.78 is 23.8. The maximum absolute atomic E-state index is 12.5. The minimum absolute atomic E-state index is 0.0215. The minimum Gasteiger partial charge on any atom is -0.370 e. The Morgan fingerprint density at radius 3 is 2.65 bits per heavy atom. The number of allylic oxidation sites excluding steroid dienone is 2. The van der Waals surface area contributed by atoms with Gasteiger partial charge in [-0.3, -0.25) is 4.18 Å². The maximum Gasteiger partial charge on any atom is 0.159 e. The number of ether oxygens (including phenoxy) is 1. The summed E-state index contributed by atoms with van der Waals surface area (Å²) in [5.74, 6) is 0.663. The van der Waals surface area contributed by atoms with Crippen LogP contribution < -0.4 is 0 Å². The molecule has 0 radical (unpaired) electrons. The molecule has 2 fully saturated rings. The van der Waals surface area contributed by atoms with Crippen molar-refractivity contribution >= 4 is 11.1 Å². The Morgan fingerprint density at radius 1 is 1.39 bits per heavy atom. The summed E-state index contributed by atoms with van der Waals surface area (Å²) >= 11 is -1.17. The van der Waals surface area contributed by atoms with Crippen molar-refractivity contribution in [3.63, 3.8) is 0 Å². The lowest BCUT2D eigenvalue weighted by Crippen LogP contribution is -2.30. The predicted octanol–water partition coefficient (Wildman–Crippen LogP) is 4.46. The van der Waals surface area contributed by atoms with Crippen molar-refractivity contribution in [3.8, 4) is 0 Å². The Bertz CT molecular complexity index is 483. The van der Waals surface area contributed by atoms with Crippen LogP contribution in [-0.4, -0.2) is 27.8 Å². The molecule has 3 atom stereocenters. The fourth-order valence-corrected chi connectivity index (χ4v) is 5.01. The Morgan fingerprint density at radius 2 is 2.13 bits per heavy atom. The third kappa shape index (κ3) is 4.34. The Hall–Kier alpha value is -0.450. The van der Waals surface area contributed by atoms with Crippen LogP contribution in [0, 0.1) is 5.92 Å². The van der Waals surface area contributed by atoms with Crippen LogP contribution in [0.1, 0.15) is 65.2 Å². The van der Waals surface area contributed by atoms with E-state index in [9.17, 15) is 4.21 Å². The standard InChI is InChI=1S/C19H30O3S/c1-3-5-15(4-2)16-6-8-17(9-7-16)22-23(20)18-10-12-19(13-11-18)14-21-19/h6-8,15,17-18H,3-5,9-14H2,1-2H3. The molecule has 23 heavy (non-hydrogen) atoms. The van der Waals surface area contributed by atoms with Crippen LogP contribution in [0.25, 0.3) is 0 Å². The summed E-state index contributed by atoms with van der Waals surface area (Å²) in [5, 5.41) is 0.187. The van der Waals surface area contributed by atoms with Gasteiger partial charge >= 0.3 is 0 Å². The normalized spacial score (nSPS) is 35.8. The molecular formula is C19H30O3S. The second-order valence-electron chi connectivity index (χ2n) is 7.26. The first-order valence-corrected chi connectivity index (χ1v) is 10.4. The number of hydrogen-bond donors (Lipinski definition) is 0. The van der Waals surface area contributed by atoms with Crippen LogP contribution in [0.5, 0.6) is 0 Å². The van der Waals surface area contributed by atoms with Crippen LogP contribution in [0.3, 0.4) is 0 Å². The Kier molecular flexibility index (Phi) is 5.76. The molecule has 4 heteroatoms. The quantitative estimate of drug-likeness (QED) is 0.643. The van der Waals surface area contributed by atoms with Gasteiger partial charge in [0.2, 0.25) is 0 Å². The average molecular weight is 339 g/mol. The smallest absolute Gasteiger partial charge is 0.159 e. The van der Waals surface area contributed by atoms with E-state index in [-0.39, 0.29) is 17.0 Å². The van der Waals surface area contributed by atoms with E-state index in [1.807, 2.05) is 0 Å². The highest BCUT2D eigenvalue weighted by molar-refractivity contribution is 7.80. The van der Waals surface area contributed by atoms with E-state index in [0.717, 1.165) is 38.7 Å². The zero-order valence-electron chi connectivity index (χ0n) is 14.5. The molecule has 0 aromatic rings. The Labute approximate surface area is 143 Å². The van der Waals surface area contributed by atoms with Gasteiger partial charge < -0.3 is 4.74 Å². The van der Waals surface area contributed by atoms with Crippen LogP contribution >= 0.6 is 0 Å². The van der Waals surface area contributed by atoms with Crippen LogP contribution in [0.15, 0.2) is 23.8 Å². The number of hydrogen-bond acceptors (Lipinski definition) is 3. The minimum atomic E-state index is -1.17. The lowest BCUT2D eigenvalue weighted by atomic mass is 9.88. The van der Waals surface area contributed by atoms with Crippen molar-refractivity contribution in [2.45, 2.75) is 82.2 Å². The first-order chi connectivity index (χ1) is 11.2. The van der Waals surface area contributed by atoms with E-state index in [1.54, 1.807) is 0 Å². The van der Waals surface area contributed by atoms with Crippen molar-refractivity contribution in [3.05, 3.63) is 23.8 Å².